The van der Waals surface area contributed by atoms with Crippen molar-refractivity contribution >= 4 is 17.4 Å². The third-order valence-corrected chi connectivity index (χ3v) is 4.66. The number of quaternary nitrogens is 1. The molecule has 1 amide bonds. The molecule has 0 aromatic heterocycles. The molecule has 1 atom stereocenters. The summed E-state index contributed by atoms with van der Waals surface area (Å²) in [4.78, 5) is 22.9. The summed E-state index contributed by atoms with van der Waals surface area (Å²) >= 11 is 0. The monoisotopic (exact) mass is 456 g/mol. The van der Waals surface area contributed by atoms with Gasteiger partial charge in [-0.05, 0) is 29.3 Å². The number of hydrogen-bond donors (Lipinski definition) is 1. The van der Waals surface area contributed by atoms with Crippen LogP contribution in [-0.4, -0.2) is 42.6 Å². The summed E-state index contributed by atoms with van der Waals surface area (Å²) in [5, 5.41) is 8.78. The quantitative estimate of drug-likeness (QED) is 0.713. The molecular weight excluding hydrogens is 435 g/mol. The molecule has 0 radical (unpaired) electrons. The van der Waals surface area contributed by atoms with E-state index in [0.29, 0.717) is 25.1 Å². The number of hydrogen-bond acceptors (Lipinski definition) is 3. The molecular formula is C22H21F5N2O3. The summed E-state index contributed by atoms with van der Waals surface area (Å²) in [7, 11) is 0. The molecule has 1 unspecified atom stereocenters. The maximum absolute atomic E-state index is 14.2. The second kappa shape index (κ2) is 10.9. The lowest BCUT2D eigenvalue weighted by atomic mass is 9.89. The number of halogens is 5. The Hall–Kier alpha value is -3.27. The van der Waals surface area contributed by atoms with Crippen LogP contribution in [-0.2, 0) is 9.59 Å². The van der Waals surface area contributed by atoms with Crippen molar-refractivity contribution in [1.82, 2.24) is 4.90 Å². The van der Waals surface area contributed by atoms with E-state index in [-0.39, 0.29) is 23.9 Å². The fraction of sp³-hybridized carbons (Fsp3) is 0.273. The Morgan fingerprint density at radius 2 is 1.72 bits per heavy atom. The Morgan fingerprint density at radius 3 is 2.28 bits per heavy atom. The van der Waals surface area contributed by atoms with Crippen LogP contribution >= 0.6 is 0 Å². The molecule has 0 bridgehead atoms. The van der Waals surface area contributed by atoms with Crippen LogP contribution in [0.2, 0.25) is 0 Å². The number of carboxylic acid groups (broad SMARTS) is 1. The standard InChI is InChI=1S/C20H20F2N2O.C2HF3O2/c21-17-6-7-19(22)18(11-17)16-10-15(14-4-2-1-3-5-14)12-24(13-16)20(25)8-9-23;3-2(4,5)1(6)7/h1-7,10-11,15H,8-9,12-13,23H2;(H,6,7). The molecule has 5 nitrogen and oxygen atoms in total. The van der Waals surface area contributed by atoms with Gasteiger partial charge in [0.1, 0.15) is 17.6 Å². The molecule has 0 aliphatic carbocycles. The van der Waals surface area contributed by atoms with Gasteiger partial charge in [-0.1, -0.05) is 36.4 Å². The van der Waals surface area contributed by atoms with Gasteiger partial charge in [-0.25, -0.2) is 8.78 Å². The molecule has 3 rings (SSSR count). The van der Waals surface area contributed by atoms with Crippen molar-refractivity contribution in [2.45, 2.75) is 18.5 Å². The highest BCUT2D eigenvalue weighted by Gasteiger charge is 2.29. The van der Waals surface area contributed by atoms with E-state index in [1.54, 1.807) is 4.90 Å². The van der Waals surface area contributed by atoms with Crippen molar-refractivity contribution in [1.29, 1.82) is 0 Å². The van der Waals surface area contributed by atoms with Crippen molar-refractivity contribution in [3.63, 3.8) is 0 Å². The van der Waals surface area contributed by atoms with Gasteiger partial charge in [0.25, 0.3) is 0 Å². The Labute approximate surface area is 180 Å². The molecule has 172 valence electrons. The zero-order valence-electron chi connectivity index (χ0n) is 16.9. The number of benzene rings is 2. The van der Waals surface area contributed by atoms with E-state index in [0.717, 1.165) is 17.7 Å². The van der Waals surface area contributed by atoms with Gasteiger partial charge in [0, 0.05) is 24.6 Å². The highest BCUT2D eigenvalue weighted by atomic mass is 19.4. The number of carbonyl (C=O) groups excluding carboxylic acids is 2. The fourth-order valence-electron chi connectivity index (χ4n) is 3.18. The molecule has 1 heterocycles. The van der Waals surface area contributed by atoms with E-state index >= 15 is 0 Å². The van der Waals surface area contributed by atoms with Gasteiger partial charge in [-0.15, -0.1) is 0 Å². The molecule has 2 aromatic carbocycles. The summed E-state index contributed by atoms with van der Waals surface area (Å²) < 4.78 is 59.4. The number of aliphatic carboxylic acids is 1. The second-order valence-electron chi connectivity index (χ2n) is 7.00. The number of nitrogens with zero attached hydrogens (tertiary/aromatic N) is 1. The van der Waals surface area contributed by atoms with Gasteiger partial charge in [-0.3, -0.25) is 4.79 Å². The first-order valence-corrected chi connectivity index (χ1v) is 9.59. The molecule has 32 heavy (non-hydrogen) atoms. The van der Waals surface area contributed by atoms with Gasteiger partial charge in [0.15, 0.2) is 0 Å². The third-order valence-electron chi connectivity index (χ3n) is 4.66. The topological polar surface area (TPSA) is 88.1 Å². The maximum Gasteiger partial charge on any atom is 0.430 e. The molecule has 3 N–H and O–H groups in total. The minimum atomic E-state index is -5.19. The highest BCUT2D eigenvalue weighted by Crippen LogP contribution is 2.31. The van der Waals surface area contributed by atoms with Crippen molar-refractivity contribution in [2.75, 3.05) is 19.6 Å². The van der Waals surface area contributed by atoms with Gasteiger partial charge < -0.3 is 20.5 Å². The van der Waals surface area contributed by atoms with Crippen molar-refractivity contribution in [3.8, 4) is 0 Å². The van der Waals surface area contributed by atoms with Crippen molar-refractivity contribution < 1.29 is 42.4 Å². The second-order valence-corrected chi connectivity index (χ2v) is 7.00. The van der Waals surface area contributed by atoms with E-state index in [2.05, 4.69) is 5.73 Å². The largest absolute Gasteiger partial charge is 0.542 e. The number of carboxylic acids is 1. The summed E-state index contributed by atoms with van der Waals surface area (Å²) in [5.41, 5.74) is 5.62. The summed E-state index contributed by atoms with van der Waals surface area (Å²) in [6.07, 6.45) is -2.90. The van der Waals surface area contributed by atoms with Crippen LogP contribution in [0.1, 0.15) is 23.5 Å². The van der Waals surface area contributed by atoms with Crippen LogP contribution < -0.4 is 10.8 Å². The van der Waals surface area contributed by atoms with E-state index < -0.39 is 23.8 Å². The first-order chi connectivity index (χ1) is 15.0. The SMILES string of the molecule is O=C([O-])C(F)(F)F.[NH3+]CCC(=O)N1CC(c2cc(F)ccc2F)=CC(c2ccccc2)C1. The molecule has 1 aliphatic heterocycles. The lowest BCUT2D eigenvalue weighted by Crippen LogP contribution is -2.52. The number of carbonyl (C=O) groups is 2. The number of amides is 1. The molecule has 0 saturated heterocycles. The lowest BCUT2D eigenvalue weighted by Gasteiger charge is -2.33. The minimum Gasteiger partial charge on any atom is -0.542 e. The van der Waals surface area contributed by atoms with Gasteiger partial charge in [-0.2, -0.15) is 13.2 Å². The Bertz CT molecular complexity index is 977. The molecule has 1 aliphatic rings. The van der Waals surface area contributed by atoms with Crippen LogP contribution in [0, 0.1) is 11.6 Å². The van der Waals surface area contributed by atoms with Crippen molar-refractivity contribution in [3.05, 3.63) is 77.4 Å². The average Bonchev–Trinajstić information content (AvgIpc) is 2.75. The normalized spacial score (nSPS) is 16.0. The van der Waals surface area contributed by atoms with E-state index in [4.69, 9.17) is 9.90 Å². The summed E-state index contributed by atoms with van der Waals surface area (Å²) in [6.45, 7) is 1.32. The average molecular weight is 456 g/mol. The van der Waals surface area contributed by atoms with Gasteiger partial charge in [0.2, 0.25) is 5.91 Å². The number of rotatable bonds is 4. The first-order valence-electron chi connectivity index (χ1n) is 9.59. The van der Waals surface area contributed by atoms with E-state index in [1.165, 1.54) is 6.07 Å². The van der Waals surface area contributed by atoms with E-state index in [1.807, 2.05) is 36.4 Å². The fourth-order valence-corrected chi connectivity index (χ4v) is 3.18. The Balaban J connectivity index is 0.000000451. The van der Waals surface area contributed by atoms with Gasteiger partial charge in [0.05, 0.1) is 13.0 Å². The highest BCUT2D eigenvalue weighted by molar-refractivity contribution is 5.81. The first kappa shape index (κ1) is 25.0. The minimum absolute atomic E-state index is 0.0154. The van der Waals surface area contributed by atoms with Crippen LogP contribution in [0.5, 0.6) is 0 Å². The Morgan fingerprint density at radius 1 is 1.09 bits per heavy atom. The maximum atomic E-state index is 14.2. The van der Waals surface area contributed by atoms with Crippen LogP contribution in [0.4, 0.5) is 22.0 Å². The molecule has 2 aromatic rings. The van der Waals surface area contributed by atoms with Crippen LogP contribution in [0.15, 0.2) is 54.6 Å². The van der Waals surface area contributed by atoms with Gasteiger partial charge >= 0.3 is 6.18 Å². The molecule has 10 heteroatoms. The van der Waals surface area contributed by atoms with E-state index in [9.17, 15) is 26.7 Å². The summed E-state index contributed by atoms with van der Waals surface area (Å²) in [5.74, 6) is -4.05. The molecule has 0 saturated carbocycles. The molecule has 0 fully saturated rings. The predicted molar refractivity (Wildman–Crippen MR) is 104 cm³/mol. The van der Waals surface area contributed by atoms with Crippen LogP contribution in [0.3, 0.4) is 0 Å². The summed E-state index contributed by atoms with van der Waals surface area (Å²) in [6, 6.07) is 13.2. The predicted octanol–water partition coefficient (Wildman–Crippen LogP) is 1.90. The Kier molecular flexibility index (Phi) is 8.48. The third kappa shape index (κ3) is 6.88. The number of alkyl halides is 3. The zero-order chi connectivity index (χ0) is 23.9. The van der Waals surface area contributed by atoms with Crippen molar-refractivity contribution in [2.24, 2.45) is 0 Å². The zero-order valence-corrected chi connectivity index (χ0v) is 16.9. The lowest BCUT2D eigenvalue weighted by molar-refractivity contribution is -0.366. The van der Waals surface area contributed by atoms with Crippen LogP contribution in [0.25, 0.3) is 5.57 Å². The smallest absolute Gasteiger partial charge is 0.430 e. The molecule has 0 spiro atoms.